The molecule has 0 saturated carbocycles. The van der Waals surface area contributed by atoms with Crippen molar-refractivity contribution in [2.45, 2.75) is 39.7 Å². The smallest absolute Gasteiger partial charge is 0.122 e. The van der Waals surface area contributed by atoms with Crippen molar-refractivity contribution in [2.24, 2.45) is 0 Å². The third-order valence-corrected chi connectivity index (χ3v) is 4.58. The first-order valence-corrected chi connectivity index (χ1v) is 8.42. The number of hydrogen-bond donors (Lipinski definition) is 1. The molecular formula is C17H24N2OS. The average molecular weight is 304 g/mol. The van der Waals surface area contributed by atoms with Crippen molar-refractivity contribution in [1.29, 1.82) is 0 Å². The lowest BCUT2D eigenvalue weighted by Gasteiger charge is -2.09. The average Bonchev–Trinajstić information content (AvgIpc) is 2.90. The number of ether oxygens (including phenoxy) is 1. The van der Waals surface area contributed by atoms with E-state index >= 15 is 0 Å². The molecule has 2 aromatic rings. The van der Waals surface area contributed by atoms with Crippen LogP contribution >= 0.6 is 11.3 Å². The van der Waals surface area contributed by atoms with Gasteiger partial charge in [-0.2, -0.15) is 0 Å². The fourth-order valence-electron chi connectivity index (χ4n) is 2.30. The van der Waals surface area contributed by atoms with E-state index in [2.05, 4.69) is 31.3 Å². The van der Waals surface area contributed by atoms with Crippen LogP contribution in [0, 0.1) is 0 Å². The Morgan fingerprint density at radius 2 is 2.00 bits per heavy atom. The van der Waals surface area contributed by atoms with E-state index in [1.807, 2.05) is 19.2 Å². The zero-order chi connectivity index (χ0) is 15.1. The third-order valence-electron chi connectivity index (χ3n) is 3.42. The van der Waals surface area contributed by atoms with E-state index in [1.54, 1.807) is 11.3 Å². The van der Waals surface area contributed by atoms with Crippen LogP contribution in [0.15, 0.2) is 24.3 Å². The van der Waals surface area contributed by atoms with E-state index in [1.165, 1.54) is 21.1 Å². The molecule has 114 valence electrons. The van der Waals surface area contributed by atoms with Crippen LogP contribution in [-0.2, 0) is 25.8 Å². The van der Waals surface area contributed by atoms with Gasteiger partial charge >= 0.3 is 0 Å². The van der Waals surface area contributed by atoms with E-state index in [4.69, 9.17) is 9.72 Å². The van der Waals surface area contributed by atoms with Crippen LogP contribution in [0.5, 0.6) is 5.75 Å². The summed E-state index contributed by atoms with van der Waals surface area (Å²) in [6.07, 6.45) is 2.87. The number of aromatic nitrogens is 1. The molecule has 21 heavy (non-hydrogen) atoms. The first-order valence-electron chi connectivity index (χ1n) is 7.61. The minimum absolute atomic E-state index is 0.687. The molecule has 0 bridgehead atoms. The molecular weight excluding hydrogens is 280 g/mol. The second-order valence-electron chi connectivity index (χ2n) is 4.92. The van der Waals surface area contributed by atoms with Crippen molar-refractivity contribution in [2.75, 3.05) is 13.7 Å². The molecule has 0 atom stereocenters. The number of hydrogen-bond acceptors (Lipinski definition) is 4. The molecule has 0 aliphatic rings. The van der Waals surface area contributed by atoms with Gasteiger partial charge < -0.3 is 10.1 Å². The van der Waals surface area contributed by atoms with Gasteiger partial charge in [-0.15, -0.1) is 11.3 Å². The Morgan fingerprint density at radius 3 is 2.71 bits per heavy atom. The number of para-hydroxylation sites is 1. The van der Waals surface area contributed by atoms with E-state index in [9.17, 15) is 0 Å². The Hall–Kier alpha value is -1.39. The normalized spacial score (nSPS) is 10.8. The fraction of sp³-hybridized carbons (Fsp3) is 0.471. The minimum atomic E-state index is 0.687. The lowest BCUT2D eigenvalue weighted by atomic mass is 10.1. The van der Waals surface area contributed by atoms with Crippen LogP contribution < -0.4 is 10.1 Å². The van der Waals surface area contributed by atoms with Crippen molar-refractivity contribution in [3.05, 3.63) is 45.4 Å². The molecule has 0 fully saturated rings. The third kappa shape index (κ3) is 4.29. The molecule has 3 nitrogen and oxygen atoms in total. The topological polar surface area (TPSA) is 34.1 Å². The molecule has 0 aliphatic heterocycles. The van der Waals surface area contributed by atoms with E-state index in [0.29, 0.717) is 6.61 Å². The van der Waals surface area contributed by atoms with Gasteiger partial charge in [0.15, 0.2) is 0 Å². The molecule has 0 unspecified atom stereocenters. The van der Waals surface area contributed by atoms with Gasteiger partial charge in [-0.3, -0.25) is 0 Å². The number of rotatable bonds is 8. The summed E-state index contributed by atoms with van der Waals surface area (Å²) in [5, 5.41) is 4.38. The minimum Gasteiger partial charge on any atom is -0.493 e. The first-order chi connectivity index (χ1) is 10.3. The highest BCUT2D eigenvalue weighted by Gasteiger charge is 2.09. The molecule has 1 N–H and O–H groups in total. The Morgan fingerprint density at radius 1 is 1.19 bits per heavy atom. The molecule has 2 rings (SSSR count). The van der Waals surface area contributed by atoms with Crippen molar-refractivity contribution in [3.8, 4) is 5.75 Å². The van der Waals surface area contributed by atoms with E-state index < -0.39 is 0 Å². The number of nitrogens with zero attached hydrogens (tertiary/aromatic N) is 1. The van der Waals surface area contributed by atoms with Gasteiger partial charge in [0.1, 0.15) is 5.75 Å². The predicted octanol–water partition coefficient (Wildman–Crippen LogP) is 3.61. The Labute approximate surface area is 131 Å². The monoisotopic (exact) mass is 304 g/mol. The zero-order valence-corrected chi connectivity index (χ0v) is 13.9. The molecule has 1 aromatic carbocycles. The molecule has 0 amide bonds. The highest BCUT2D eigenvalue weighted by molar-refractivity contribution is 7.11. The highest BCUT2D eigenvalue weighted by atomic mass is 32.1. The van der Waals surface area contributed by atoms with Gasteiger partial charge in [0.05, 0.1) is 17.3 Å². The molecule has 0 spiro atoms. The van der Waals surface area contributed by atoms with E-state index in [-0.39, 0.29) is 0 Å². The van der Waals surface area contributed by atoms with Gasteiger partial charge in [0.2, 0.25) is 0 Å². The Kier molecular flexibility index (Phi) is 6.21. The molecule has 0 radical (unpaired) electrons. The summed E-state index contributed by atoms with van der Waals surface area (Å²) in [5.41, 5.74) is 2.49. The first kappa shape index (κ1) is 16.0. The Balaban J connectivity index is 1.94. The van der Waals surface area contributed by atoms with Gasteiger partial charge in [0.25, 0.3) is 0 Å². The largest absolute Gasteiger partial charge is 0.493 e. The molecule has 0 saturated heterocycles. The lowest BCUT2D eigenvalue weighted by molar-refractivity contribution is 0.318. The lowest BCUT2D eigenvalue weighted by Crippen LogP contribution is -2.05. The Bertz CT molecular complexity index is 566. The fourth-order valence-corrected chi connectivity index (χ4v) is 3.45. The highest BCUT2D eigenvalue weighted by Crippen LogP contribution is 2.21. The maximum Gasteiger partial charge on any atom is 0.122 e. The standard InChI is InChI=1S/C17H24N2OS/c1-4-13-8-6-7-9-15(13)20-11-10-17-19-14(5-2)16(21-17)12-18-3/h6-9,18H,4-5,10-12H2,1-3H3. The van der Waals surface area contributed by atoms with Crippen LogP contribution in [0.1, 0.15) is 35.0 Å². The predicted molar refractivity (Wildman–Crippen MR) is 89.3 cm³/mol. The van der Waals surface area contributed by atoms with Crippen LogP contribution in [-0.4, -0.2) is 18.6 Å². The van der Waals surface area contributed by atoms with Crippen molar-refractivity contribution in [1.82, 2.24) is 10.3 Å². The number of aryl methyl sites for hydroxylation is 2. The molecule has 0 aliphatic carbocycles. The quantitative estimate of drug-likeness (QED) is 0.809. The van der Waals surface area contributed by atoms with Crippen LogP contribution in [0.25, 0.3) is 0 Å². The van der Waals surface area contributed by atoms with Crippen molar-refractivity contribution < 1.29 is 4.74 Å². The maximum absolute atomic E-state index is 5.93. The summed E-state index contributed by atoms with van der Waals surface area (Å²) in [7, 11) is 1.98. The van der Waals surface area contributed by atoms with Crippen LogP contribution in [0.4, 0.5) is 0 Å². The van der Waals surface area contributed by atoms with Gasteiger partial charge in [-0.1, -0.05) is 32.0 Å². The number of nitrogens with one attached hydrogen (secondary N) is 1. The van der Waals surface area contributed by atoms with Crippen LogP contribution in [0.3, 0.4) is 0 Å². The summed E-state index contributed by atoms with van der Waals surface area (Å²) in [5.74, 6) is 1.00. The van der Waals surface area contributed by atoms with Gasteiger partial charge in [0, 0.05) is 17.8 Å². The van der Waals surface area contributed by atoms with Gasteiger partial charge in [-0.25, -0.2) is 4.98 Å². The zero-order valence-electron chi connectivity index (χ0n) is 13.1. The van der Waals surface area contributed by atoms with Crippen molar-refractivity contribution >= 4 is 11.3 Å². The molecule has 1 heterocycles. The number of thiazole rings is 1. The second-order valence-corrected chi connectivity index (χ2v) is 6.09. The molecule has 4 heteroatoms. The maximum atomic E-state index is 5.93. The van der Waals surface area contributed by atoms with Gasteiger partial charge in [-0.05, 0) is 31.5 Å². The van der Waals surface area contributed by atoms with Crippen molar-refractivity contribution in [3.63, 3.8) is 0 Å². The summed E-state index contributed by atoms with van der Waals surface area (Å²) >= 11 is 1.80. The summed E-state index contributed by atoms with van der Waals surface area (Å²) in [4.78, 5) is 6.07. The van der Waals surface area contributed by atoms with E-state index in [0.717, 1.165) is 31.6 Å². The van der Waals surface area contributed by atoms with Crippen LogP contribution in [0.2, 0.25) is 0 Å². The summed E-state index contributed by atoms with van der Waals surface area (Å²) in [6.45, 7) is 5.90. The second kappa shape index (κ2) is 8.15. The SMILES string of the molecule is CCc1ccccc1OCCc1nc(CC)c(CNC)s1. The molecule has 1 aromatic heterocycles. The summed E-state index contributed by atoms with van der Waals surface area (Å²) < 4.78 is 5.93. The number of benzene rings is 1. The summed E-state index contributed by atoms with van der Waals surface area (Å²) in [6, 6.07) is 8.26.